The number of rotatable bonds is 1. The zero-order chi connectivity index (χ0) is 15.7. The van der Waals surface area contributed by atoms with Crippen molar-refractivity contribution in [2.24, 2.45) is 0 Å². The fourth-order valence-corrected chi connectivity index (χ4v) is 3.16. The summed E-state index contributed by atoms with van der Waals surface area (Å²) in [5.74, 6) is 0. The second kappa shape index (κ2) is 6.13. The molecule has 21 heavy (non-hydrogen) atoms. The van der Waals surface area contributed by atoms with Crippen LogP contribution in [0.3, 0.4) is 0 Å². The molecule has 0 saturated carbocycles. The first-order chi connectivity index (χ1) is 9.70. The average molecular weight is 297 g/mol. The van der Waals surface area contributed by atoms with Gasteiger partial charge in [-0.2, -0.15) is 0 Å². The van der Waals surface area contributed by atoms with Crippen LogP contribution in [0.1, 0.15) is 40.5 Å². The lowest BCUT2D eigenvalue weighted by Gasteiger charge is -2.49. The summed E-state index contributed by atoms with van der Waals surface area (Å²) in [5.41, 5.74) is -0.172. The van der Waals surface area contributed by atoms with Crippen molar-refractivity contribution in [2.75, 3.05) is 46.3 Å². The third-order valence-electron chi connectivity index (χ3n) is 4.76. The number of ether oxygens (including phenoxy) is 1. The number of piperazine rings is 1. The molecule has 0 atom stereocenters. The molecule has 2 aliphatic heterocycles. The first-order valence-electron chi connectivity index (χ1n) is 8.11. The smallest absolute Gasteiger partial charge is 0.410 e. The maximum Gasteiger partial charge on any atom is 0.410 e. The van der Waals surface area contributed by atoms with Crippen molar-refractivity contribution in [1.82, 2.24) is 14.7 Å². The summed E-state index contributed by atoms with van der Waals surface area (Å²) in [4.78, 5) is 19.0. The van der Waals surface area contributed by atoms with Gasteiger partial charge in [0.05, 0.1) is 0 Å². The van der Waals surface area contributed by atoms with E-state index >= 15 is 0 Å². The third kappa shape index (κ3) is 4.33. The number of hydrogen-bond acceptors (Lipinski definition) is 4. The van der Waals surface area contributed by atoms with Gasteiger partial charge in [0.15, 0.2) is 0 Å². The van der Waals surface area contributed by atoms with Gasteiger partial charge in [-0.15, -0.1) is 0 Å². The lowest BCUT2D eigenvalue weighted by atomic mass is 9.87. The van der Waals surface area contributed by atoms with Crippen LogP contribution in [0.25, 0.3) is 0 Å². The summed E-state index contributed by atoms with van der Waals surface area (Å²) in [5, 5.41) is 0. The number of piperidine rings is 1. The van der Waals surface area contributed by atoms with Crippen molar-refractivity contribution in [3.63, 3.8) is 0 Å². The Kier molecular flexibility index (Phi) is 4.83. The van der Waals surface area contributed by atoms with Crippen LogP contribution in [0, 0.1) is 0 Å². The Morgan fingerprint density at radius 2 is 1.52 bits per heavy atom. The van der Waals surface area contributed by atoms with Gasteiger partial charge >= 0.3 is 6.09 Å². The molecule has 0 aromatic rings. The summed E-state index contributed by atoms with van der Waals surface area (Å²) < 4.78 is 5.47. The number of likely N-dealkylation sites (tertiary alicyclic amines) is 1. The van der Waals surface area contributed by atoms with Crippen LogP contribution in [0.15, 0.2) is 0 Å². The van der Waals surface area contributed by atoms with E-state index in [1.165, 1.54) is 0 Å². The maximum absolute atomic E-state index is 12.1. The maximum atomic E-state index is 12.1. The van der Waals surface area contributed by atoms with Crippen LogP contribution in [0.5, 0.6) is 0 Å². The van der Waals surface area contributed by atoms with Crippen LogP contribution < -0.4 is 0 Å². The molecule has 0 unspecified atom stereocenters. The normalized spacial score (nSPS) is 24.9. The first-order valence-corrected chi connectivity index (χ1v) is 8.11. The number of nitrogens with zero attached hydrogens (tertiary/aromatic N) is 3. The standard InChI is InChI=1S/C16H31N3O2/c1-15(2,3)21-14(20)18-8-6-16(4,7-9-18)19-12-10-17(5)11-13-19/h6-13H2,1-5H3. The van der Waals surface area contributed by atoms with E-state index < -0.39 is 5.60 Å². The molecule has 2 rings (SSSR count). The van der Waals surface area contributed by atoms with Crippen LogP contribution in [0.4, 0.5) is 4.79 Å². The van der Waals surface area contributed by atoms with Gasteiger partial charge in [-0.25, -0.2) is 4.79 Å². The molecule has 0 N–H and O–H groups in total. The van der Waals surface area contributed by atoms with Gasteiger partial charge in [0.25, 0.3) is 0 Å². The average Bonchev–Trinajstić information content (AvgIpc) is 2.38. The summed E-state index contributed by atoms with van der Waals surface area (Å²) in [6.45, 7) is 14.3. The van der Waals surface area contributed by atoms with Gasteiger partial charge in [-0.1, -0.05) is 0 Å². The molecule has 122 valence electrons. The molecule has 0 aromatic carbocycles. The molecule has 2 fully saturated rings. The largest absolute Gasteiger partial charge is 0.444 e. The minimum Gasteiger partial charge on any atom is -0.444 e. The minimum absolute atomic E-state index is 0.164. The van der Waals surface area contributed by atoms with E-state index in [1.807, 2.05) is 25.7 Å². The van der Waals surface area contributed by atoms with E-state index in [9.17, 15) is 4.79 Å². The zero-order valence-electron chi connectivity index (χ0n) is 14.3. The summed E-state index contributed by atoms with van der Waals surface area (Å²) >= 11 is 0. The number of likely N-dealkylation sites (N-methyl/N-ethyl adjacent to an activating group) is 1. The quantitative estimate of drug-likeness (QED) is 0.742. The highest BCUT2D eigenvalue weighted by Crippen LogP contribution is 2.30. The molecular weight excluding hydrogens is 266 g/mol. The zero-order valence-corrected chi connectivity index (χ0v) is 14.3. The second-order valence-corrected chi connectivity index (χ2v) is 7.75. The Hall–Kier alpha value is -0.810. The lowest BCUT2D eigenvalue weighted by Crippen LogP contribution is -2.59. The van der Waals surface area contributed by atoms with Gasteiger partial charge in [-0.3, -0.25) is 4.90 Å². The fourth-order valence-electron chi connectivity index (χ4n) is 3.16. The number of hydrogen-bond donors (Lipinski definition) is 0. The number of carbonyl (C=O) groups is 1. The SMILES string of the molecule is CN1CCN(C2(C)CCN(C(=O)OC(C)(C)C)CC2)CC1. The second-order valence-electron chi connectivity index (χ2n) is 7.75. The molecule has 2 aliphatic rings. The van der Waals surface area contributed by atoms with E-state index in [0.717, 1.165) is 52.1 Å². The summed E-state index contributed by atoms with van der Waals surface area (Å²) in [6, 6.07) is 0. The van der Waals surface area contributed by atoms with Gasteiger partial charge < -0.3 is 14.5 Å². The Balaban J connectivity index is 1.86. The van der Waals surface area contributed by atoms with Crippen molar-refractivity contribution in [1.29, 1.82) is 0 Å². The van der Waals surface area contributed by atoms with E-state index in [-0.39, 0.29) is 11.6 Å². The Morgan fingerprint density at radius 1 is 1.00 bits per heavy atom. The highest BCUT2D eigenvalue weighted by atomic mass is 16.6. The predicted octanol–water partition coefficient (Wildman–Crippen LogP) is 2.02. The molecule has 1 amide bonds. The van der Waals surface area contributed by atoms with E-state index in [4.69, 9.17) is 4.74 Å². The van der Waals surface area contributed by atoms with E-state index in [0.29, 0.717) is 0 Å². The van der Waals surface area contributed by atoms with Crippen molar-refractivity contribution in [3.8, 4) is 0 Å². The van der Waals surface area contributed by atoms with Gasteiger partial charge in [0.2, 0.25) is 0 Å². The third-order valence-corrected chi connectivity index (χ3v) is 4.76. The molecule has 2 heterocycles. The number of amides is 1. The lowest BCUT2D eigenvalue weighted by molar-refractivity contribution is -0.0130. The molecule has 0 spiro atoms. The summed E-state index contributed by atoms with van der Waals surface area (Å²) in [7, 11) is 2.19. The van der Waals surface area contributed by atoms with Crippen LogP contribution in [-0.4, -0.2) is 78.2 Å². The molecule has 0 radical (unpaired) electrons. The monoisotopic (exact) mass is 297 g/mol. The predicted molar refractivity (Wildman–Crippen MR) is 84.5 cm³/mol. The molecule has 0 aliphatic carbocycles. The molecule has 2 saturated heterocycles. The van der Waals surface area contributed by atoms with E-state index in [1.54, 1.807) is 0 Å². The van der Waals surface area contributed by atoms with Crippen LogP contribution >= 0.6 is 0 Å². The highest BCUT2D eigenvalue weighted by molar-refractivity contribution is 5.68. The Bertz CT molecular complexity index is 362. The fraction of sp³-hybridized carbons (Fsp3) is 0.938. The van der Waals surface area contributed by atoms with Crippen molar-refractivity contribution in [2.45, 2.75) is 51.7 Å². The van der Waals surface area contributed by atoms with Gasteiger partial charge in [-0.05, 0) is 47.6 Å². The van der Waals surface area contributed by atoms with Gasteiger partial charge in [0.1, 0.15) is 5.60 Å². The van der Waals surface area contributed by atoms with Gasteiger partial charge in [0, 0.05) is 44.8 Å². The van der Waals surface area contributed by atoms with E-state index in [2.05, 4.69) is 23.8 Å². The van der Waals surface area contributed by atoms with Crippen molar-refractivity contribution in [3.05, 3.63) is 0 Å². The summed E-state index contributed by atoms with van der Waals surface area (Å²) in [6.07, 6.45) is 1.91. The molecular formula is C16H31N3O2. The molecule has 5 heteroatoms. The highest BCUT2D eigenvalue weighted by Gasteiger charge is 2.38. The molecule has 0 aromatic heterocycles. The van der Waals surface area contributed by atoms with Crippen molar-refractivity contribution >= 4 is 6.09 Å². The van der Waals surface area contributed by atoms with Crippen molar-refractivity contribution < 1.29 is 9.53 Å². The minimum atomic E-state index is -0.407. The Labute approximate surface area is 129 Å². The topological polar surface area (TPSA) is 36.0 Å². The molecule has 0 bridgehead atoms. The van der Waals surface area contributed by atoms with Crippen LogP contribution in [-0.2, 0) is 4.74 Å². The molecule has 5 nitrogen and oxygen atoms in total. The first kappa shape index (κ1) is 16.6. The number of carbonyl (C=O) groups excluding carboxylic acids is 1. The Morgan fingerprint density at radius 3 is 2.00 bits per heavy atom. The van der Waals surface area contributed by atoms with Crippen LogP contribution in [0.2, 0.25) is 0 Å².